The molecule has 21 heavy (non-hydrogen) atoms. The summed E-state index contributed by atoms with van der Waals surface area (Å²) in [6.07, 6.45) is 2.75. The van der Waals surface area contributed by atoms with E-state index in [0.717, 1.165) is 25.8 Å². The van der Waals surface area contributed by atoms with Crippen molar-refractivity contribution in [3.8, 4) is 0 Å². The largest absolute Gasteiger partial charge is 0.481 e. The Hall–Kier alpha value is -1.10. The van der Waals surface area contributed by atoms with Gasteiger partial charge in [-0.05, 0) is 59.4 Å². The van der Waals surface area contributed by atoms with Gasteiger partial charge in [-0.25, -0.2) is 0 Å². The second-order valence-corrected chi connectivity index (χ2v) is 7.39. The van der Waals surface area contributed by atoms with E-state index in [2.05, 4.69) is 10.2 Å². The summed E-state index contributed by atoms with van der Waals surface area (Å²) < 4.78 is 0. The third kappa shape index (κ3) is 4.99. The molecule has 1 unspecified atom stereocenters. The number of carboxylic acids is 1. The first-order valence-electron chi connectivity index (χ1n) is 7.85. The monoisotopic (exact) mass is 298 g/mol. The fourth-order valence-electron chi connectivity index (χ4n) is 2.67. The van der Waals surface area contributed by atoms with Crippen LogP contribution in [0.2, 0.25) is 0 Å². The third-order valence-electron chi connectivity index (χ3n) is 4.81. The van der Waals surface area contributed by atoms with Crippen LogP contribution in [0.15, 0.2) is 0 Å². The number of hydrogen-bond acceptors (Lipinski definition) is 3. The summed E-state index contributed by atoms with van der Waals surface area (Å²) in [5.74, 6) is -0.641. The molecule has 2 N–H and O–H groups in total. The van der Waals surface area contributed by atoms with Crippen molar-refractivity contribution in [2.24, 2.45) is 11.3 Å². The third-order valence-corrected chi connectivity index (χ3v) is 4.81. The van der Waals surface area contributed by atoms with Crippen molar-refractivity contribution in [1.82, 2.24) is 10.2 Å². The fourth-order valence-corrected chi connectivity index (χ4v) is 2.67. The Labute approximate surface area is 128 Å². The molecule has 1 atom stereocenters. The number of piperidine rings is 1. The highest BCUT2D eigenvalue weighted by Crippen LogP contribution is 2.34. The summed E-state index contributed by atoms with van der Waals surface area (Å²) in [7, 11) is 0. The van der Waals surface area contributed by atoms with Crippen LogP contribution in [-0.4, -0.2) is 47.1 Å². The van der Waals surface area contributed by atoms with Crippen LogP contribution in [0.4, 0.5) is 0 Å². The van der Waals surface area contributed by atoms with Crippen LogP contribution >= 0.6 is 0 Å². The van der Waals surface area contributed by atoms with Gasteiger partial charge in [0.05, 0.1) is 12.0 Å². The minimum atomic E-state index is -0.758. The molecule has 5 heteroatoms. The molecule has 0 aromatic rings. The Morgan fingerprint density at radius 3 is 2.43 bits per heavy atom. The molecule has 0 bridgehead atoms. The van der Waals surface area contributed by atoms with Gasteiger partial charge in [-0.1, -0.05) is 6.92 Å². The van der Waals surface area contributed by atoms with Crippen LogP contribution in [0.25, 0.3) is 0 Å². The first-order valence-corrected chi connectivity index (χ1v) is 7.85. The zero-order chi connectivity index (χ0) is 16.3. The van der Waals surface area contributed by atoms with Gasteiger partial charge in [0.2, 0.25) is 5.91 Å². The highest BCUT2D eigenvalue weighted by atomic mass is 16.4. The molecule has 0 aromatic carbocycles. The lowest BCUT2D eigenvalue weighted by molar-refractivity contribution is -0.151. The highest BCUT2D eigenvalue weighted by molar-refractivity contribution is 5.78. The van der Waals surface area contributed by atoms with Gasteiger partial charge < -0.3 is 10.4 Å². The molecule has 1 aliphatic heterocycles. The molecule has 0 radical (unpaired) electrons. The first-order chi connectivity index (χ1) is 9.58. The average molecular weight is 298 g/mol. The zero-order valence-corrected chi connectivity index (χ0v) is 14.0. The number of rotatable bonds is 6. The lowest BCUT2D eigenvalue weighted by Gasteiger charge is -2.39. The predicted molar refractivity (Wildman–Crippen MR) is 83.1 cm³/mol. The lowest BCUT2D eigenvalue weighted by atomic mass is 9.74. The molecule has 1 heterocycles. The molecule has 0 aromatic heterocycles. The highest BCUT2D eigenvalue weighted by Gasteiger charge is 2.39. The lowest BCUT2D eigenvalue weighted by Crippen LogP contribution is -2.51. The molecule has 5 nitrogen and oxygen atoms in total. The molecular weight excluding hydrogens is 268 g/mol. The number of amides is 1. The number of carboxylic acid groups (broad SMARTS) is 1. The van der Waals surface area contributed by atoms with Crippen molar-refractivity contribution < 1.29 is 14.7 Å². The quantitative estimate of drug-likeness (QED) is 0.788. The number of nitrogens with one attached hydrogen (secondary N) is 1. The zero-order valence-electron chi connectivity index (χ0n) is 14.0. The van der Waals surface area contributed by atoms with Gasteiger partial charge >= 0.3 is 5.97 Å². The molecule has 1 rings (SSSR count). The minimum absolute atomic E-state index is 0.0237. The van der Waals surface area contributed by atoms with E-state index < -0.39 is 11.4 Å². The molecule has 0 saturated carbocycles. The molecular formula is C16H30N2O3. The van der Waals surface area contributed by atoms with Gasteiger partial charge in [-0.15, -0.1) is 0 Å². The smallest absolute Gasteiger partial charge is 0.309 e. The van der Waals surface area contributed by atoms with Crippen LogP contribution in [-0.2, 0) is 9.59 Å². The summed E-state index contributed by atoms with van der Waals surface area (Å²) in [4.78, 5) is 25.6. The topological polar surface area (TPSA) is 69.6 Å². The summed E-state index contributed by atoms with van der Waals surface area (Å²) in [6.45, 7) is 11.5. The second kappa shape index (κ2) is 6.77. The standard InChI is InChI=1S/C16H30N2O3/c1-6-15(2,3)17-13(19)11-18-9-7-8-12(10-18)16(4,5)14(20)21/h12H,6-11H2,1-5H3,(H,17,19)(H,20,21). The predicted octanol–water partition coefficient (Wildman–Crippen LogP) is 2.11. The van der Waals surface area contributed by atoms with Gasteiger partial charge in [-0.3, -0.25) is 14.5 Å². The molecule has 1 fully saturated rings. The Morgan fingerprint density at radius 1 is 1.29 bits per heavy atom. The second-order valence-electron chi connectivity index (χ2n) is 7.39. The van der Waals surface area contributed by atoms with E-state index in [-0.39, 0.29) is 17.4 Å². The van der Waals surface area contributed by atoms with E-state index in [4.69, 9.17) is 0 Å². The number of carbonyl (C=O) groups is 2. The van der Waals surface area contributed by atoms with Crippen LogP contribution < -0.4 is 5.32 Å². The summed E-state index contributed by atoms with van der Waals surface area (Å²) in [6, 6.07) is 0. The Bertz CT molecular complexity index is 391. The first kappa shape index (κ1) is 18.0. The van der Waals surface area contributed by atoms with Crippen molar-refractivity contribution in [2.75, 3.05) is 19.6 Å². The maximum atomic E-state index is 12.1. The van der Waals surface area contributed by atoms with Crippen molar-refractivity contribution in [1.29, 1.82) is 0 Å². The van der Waals surface area contributed by atoms with Crippen LogP contribution in [0.1, 0.15) is 53.9 Å². The Balaban J connectivity index is 2.58. The SMILES string of the molecule is CCC(C)(C)NC(=O)CN1CCCC(C(C)(C)C(=O)O)C1. The summed E-state index contributed by atoms with van der Waals surface area (Å²) >= 11 is 0. The Kier molecular flexibility index (Phi) is 5.79. The van der Waals surface area contributed by atoms with Crippen molar-refractivity contribution in [3.05, 3.63) is 0 Å². The van der Waals surface area contributed by atoms with E-state index >= 15 is 0 Å². The molecule has 1 amide bonds. The van der Waals surface area contributed by atoms with Crippen molar-refractivity contribution >= 4 is 11.9 Å². The molecule has 0 aliphatic carbocycles. The van der Waals surface area contributed by atoms with Crippen LogP contribution in [0.5, 0.6) is 0 Å². The van der Waals surface area contributed by atoms with E-state index in [1.165, 1.54) is 0 Å². The number of aliphatic carboxylic acids is 1. The van der Waals surface area contributed by atoms with E-state index in [1.54, 1.807) is 13.8 Å². The van der Waals surface area contributed by atoms with Gasteiger partial charge in [0.15, 0.2) is 0 Å². The summed E-state index contributed by atoms with van der Waals surface area (Å²) in [5.41, 5.74) is -0.926. The number of likely N-dealkylation sites (tertiary alicyclic amines) is 1. The van der Waals surface area contributed by atoms with E-state index in [0.29, 0.717) is 13.1 Å². The average Bonchev–Trinajstić information content (AvgIpc) is 2.38. The van der Waals surface area contributed by atoms with Crippen LogP contribution in [0.3, 0.4) is 0 Å². The number of nitrogens with zero attached hydrogens (tertiary/aromatic N) is 1. The molecule has 122 valence electrons. The van der Waals surface area contributed by atoms with Gasteiger partial charge in [0.25, 0.3) is 0 Å². The van der Waals surface area contributed by atoms with E-state index in [1.807, 2.05) is 20.8 Å². The number of carbonyl (C=O) groups excluding carboxylic acids is 1. The van der Waals surface area contributed by atoms with Gasteiger partial charge in [0.1, 0.15) is 0 Å². The molecule has 0 spiro atoms. The van der Waals surface area contributed by atoms with E-state index in [9.17, 15) is 14.7 Å². The molecule has 1 aliphatic rings. The summed E-state index contributed by atoms with van der Waals surface area (Å²) in [5, 5.41) is 12.4. The maximum absolute atomic E-state index is 12.1. The normalized spacial score (nSPS) is 21.1. The van der Waals surface area contributed by atoms with Crippen molar-refractivity contribution in [3.63, 3.8) is 0 Å². The van der Waals surface area contributed by atoms with Crippen LogP contribution in [0, 0.1) is 11.3 Å². The number of hydrogen-bond donors (Lipinski definition) is 2. The molecule has 1 saturated heterocycles. The van der Waals surface area contributed by atoms with Crippen molar-refractivity contribution in [2.45, 2.75) is 59.4 Å². The van der Waals surface area contributed by atoms with Gasteiger partial charge in [0, 0.05) is 12.1 Å². The fraction of sp³-hybridized carbons (Fsp3) is 0.875. The minimum Gasteiger partial charge on any atom is -0.481 e. The van der Waals surface area contributed by atoms with Gasteiger partial charge in [-0.2, -0.15) is 0 Å². The maximum Gasteiger partial charge on any atom is 0.309 e. The Morgan fingerprint density at radius 2 is 1.90 bits per heavy atom.